The Morgan fingerprint density at radius 2 is 2.40 bits per heavy atom. The van der Waals surface area contributed by atoms with E-state index in [0.717, 1.165) is 6.07 Å². The summed E-state index contributed by atoms with van der Waals surface area (Å²) in [6.45, 7) is 0. The number of hydrogen-bond acceptors (Lipinski definition) is 5. The third-order valence-electron chi connectivity index (χ3n) is 1.66. The Balaban J connectivity index is 2.93. The lowest BCUT2D eigenvalue weighted by atomic mass is 10.2. The van der Waals surface area contributed by atoms with E-state index < -0.39 is 10.9 Å². The van der Waals surface area contributed by atoms with Crippen LogP contribution in [0.2, 0.25) is 5.02 Å². The fourth-order valence-corrected chi connectivity index (χ4v) is 1.12. The van der Waals surface area contributed by atoms with E-state index in [-0.39, 0.29) is 17.3 Å². The molecule has 0 fully saturated rings. The molecular weight excluding hydrogens is 224 g/mol. The predicted octanol–water partition coefficient (Wildman–Crippen LogP) is 1.36. The predicted molar refractivity (Wildman–Crippen MR) is 51.6 cm³/mol. The standard InChI is InChI=1S/C8H7ClN2O4/c1-15-8(12)2-5-4-10-7(11(13)14)3-6(5)9/h3-4H,2H2,1H3. The zero-order chi connectivity index (χ0) is 11.4. The number of pyridine rings is 1. The van der Waals surface area contributed by atoms with Crippen LogP contribution in [0.25, 0.3) is 0 Å². The summed E-state index contributed by atoms with van der Waals surface area (Å²) in [5.74, 6) is -0.832. The number of hydrogen-bond donors (Lipinski definition) is 0. The van der Waals surface area contributed by atoms with E-state index in [1.54, 1.807) is 0 Å². The van der Waals surface area contributed by atoms with E-state index >= 15 is 0 Å². The summed E-state index contributed by atoms with van der Waals surface area (Å²) in [7, 11) is 1.25. The third-order valence-corrected chi connectivity index (χ3v) is 2.02. The molecular formula is C8H7ClN2O4. The summed E-state index contributed by atoms with van der Waals surface area (Å²) in [5, 5.41) is 10.5. The minimum absolute atomic E-state index is 0.0552. The molecule has 0 saturated heterocycles. The fraction of sp³-hybridized carbons (Fsp3) is 0.250. The molecule has 1 heterocycles. The minimum atomic E-state index is -0.659. The Morgan fingerprint density at radius 1 is 1.73 bits per heavy atom. The molecule has 6 nitrogen and oxygen atoms in total. The second kappa shape index (κ2) is 4.70. The molecule has 0 bridgehead atoms. The van der Waals surface area contributed by atoms with Crippen LogP contribution >= 0.6 is 11.6 Å². The summed E-state index contributed by atoms with van der Waals surface area (Å²) < 4.78 is 4.43. The maximum Gasteiger partial charge on any atom is 0.364 e. The molecule has 1 aromatic heterocycles. The van der Waals surface area contributed by atoms with Crippen molar-refractivity contribution in [2.75, 3.05) is 7.11 Å². The van der Waals surface area contributed by atoms with E-state index in [9.17, 15) is 14.9 Å². The highest BCUT2D eigenvalue weighted by atomic mass is 35.5. The van der Waals surface area contributed by atoms with Crippen molar-refractivity contribution in [1.29, 1.82) is 0 Å². The molecule has 0 aliphatic carbocycles. The van der Waals surface area contributed by atoms with Gasteiger partial charge in [0.1, 0.15) is 6.20 Å². The quantitative estimate of drug-likeness (QED) is 0.445. The van der Waals surface area contributed by atoms with Gasteiger partial charge in [-0.05, 0) is 9.91 Å². The first-order chi connectivity index (χ1) is 7.04. The lowest BCUT2D eigenvalue weighted by Gasteiger charge is -2.00. The van der Waals surface area contributed by atoms with Crippen LogP contribution in [0.3, 0.4) is 0 Å². The molecule has 1 aromatic rings. The van der Waals surface area contributed by atoms with Gasteiger partial charge in [-0.2, -0.15) is 0 Å². The topological polar surface area (TPSA) is 82.3 Å². The zero-order valence-electron chi connectivity index (χ0n) is 7.77. The van der Waals surface area contributed by atoms with Crippen molar-refractivity contribution < 1.29 is 14.5 Å². The van der Waals surface area contributed by atoms with Crippen LogP contribution in [0.5, 0.6) is 0 Å². The van der Waals surface area contributed by atoms with Gasteiger partial charge in [0, 0.05) is 5.56 Å². The molecule has 0 unspecified atom stereocenters. The summed E-state index contributed by atoms with van der Waals surface area (Å²) in [5.41, 5.74) is 0.397. The number of rotatable bonds is 3. The van der Waals surface area contributed by atoms with Crippen LogP contribution in [0.1, 0.15) is 5.56 Å². The number of nitro groups is 1. The zero-order valence-corrected chi connectivity index (χ0v) is 8.52. The van der Waals surface area contributed by atoms with Crippen LogP contribution in [0, 0.1) is 10.1 Å². The first-order valence-electron chi connectivity index (χ1n) is 3.90. The lowest BCUT2D eigenvalue weighted by molar-refractivity contribution is -0.389. The Hall–Kier alpha value is -1.69. The smallest absolute Gasteiger partial charge is 0.364 e. The molecule has 0 spiro atoms. The van der Waals surface area contributed by atoms with Crippen molar-refractivity contribution in [3.8, 4) is 0 Å². The maximum absolute atomic E-state index is 10.9. The molecule has 0 N–H and O–H groups in total. The normalized spacial score (nSPS) is 9.73. The monoisotopic (exact) mass is 230 g/mol. The van der Waals surface area contributed by atoms with Crippen molar-refractivity contribution in [3.63, 3.8) is 0 Å². The molecule has 0 aromatic carbocycles. The van der Waals surface area contributed by atoms with Crippen molar-refractivity contribution in [1.82, 2.24) is 4.98 Å². The number of carbonyl (C=O) groups is 1. The van der Waals surface area contributed by atoms with Crippen molar-refractivity contribution in [3.05, 3.63) is 33.0 Å². The Kier molecular flexibility index (Phi) is 3.56. The molecule has 0 amide bonds. The van der Waals surface area contributed by atoms with Gasteiger partial charge in [0.05, 0.1) is 24.6 Å². The minimum Gasteiger partial charge on any atom is -0.469 e. The van der Waals surface area contributed by atoms with Crippen LogP contribution in [0.4, 0.5) is 5.82 Å². The van der Waals surface area contributed by atoms with Gasteiger partial charge in [0.25, 0.3) is 0 Å². The molecule has 1 rings (SSSR count). The van der Waals surface area contributed by atoms with Crippen LogP contribution < -0.4 is 0 Å². The number of aromatic nitrogens is 1. The first kappa shape index (κ1) is 11.4. The number of halogens is 1. The second-order valence-corrected chi connectivity index (χ2v) is 3.05. The molecule has 0 radical (unpaired) electrons. The number of carbonyl (C=O) groups excluding carboxylic acids is 1. The molecule has 7 heteroatoms. The lowest BCUT2D eigenvalue weighted by Crippen LogP contribution is -2.05. The summed E-state index contributed by atoms with van der Waals surface area (Å²) >= 11 is 5.72. The summed E-state index contributed by atoms with van der Waals surface area (Å²) in [6.07, 6.45) is 1.14. The Morgan fingerprint density at radius 3 is 2.87 bits per heavy atom. The van der Waals surface area contributed by atoms with E-state index in [0.29, 0.717) is 5.56 Å². The van der Waals surface area contributed by atoms with Crippen LogP contribution in [-0.2, 0) is 16.0 Å². The van der Waals surface area contributed by atoms with Gasteiger partial charge in [0.15, 0.2) is 0 Å². The molecule has 0 saturated carbocycles. The molecule has 0 atom stereocenters. The highest BCUT2D eigenvalue weighted by Crippen LogP contribution is 2.20. The SMILES string of the molecule is COC(=O)Cc1cnc([N+](=O)[O-])cc1Cl. The van der Waals surface area contributed by atoms with Crippen molar-refractivity contribution >= 4 is 23.4 Å². The van der Waals surface area contributed by atoms with Gasteiger partial charge in [-0.3, -0.25) is 4.79 Å². The van der Waals surface area contributed by atoms with Gasteiger partial charge in [0.2, 0.25) is 0 Å². The van der Waals surface area contributed by atoms with Gasteiger partial charge >= 0.3 is 11.8 Å². The van der Waals surface area contributed by atoms with E-state index in [1.165, 1.54) is 13.3 Å². The average Bonchev–Trinajstić information content (AvgIpc) is 2.20. The van der Waals surface area contributed by atoms with Crippen molar-refractivity contribution in [2.24, 2.45) is 0 Å². The van der Waals surface area contributed by atoms with Gasteiger partial charge in [-0.1, -0.05) is 11.6 Å². The second-order valence-electron chi connectivity index (χ2n) is 2.64. The number of ether oxygens (including phenoxy) is 1. The molecule has 15 heavy (non-hydrogen) atoms. The van der Waals surface area contributed by atoms with E-state index in [2.05, 4.69) is 9.72 Å². The number of nitrogens with zero attached hydrogens (tertiary/aromatic N) is 2. The van der Waals surface area contributed by atoms with E-state index in [4.69, 9.17) is 11.6 Å². The number of esters is 1. The van der Waals surface area contributed by atoms with Gasteiger partial charge in [-0.25, -0.2) is 0 Å². The molecule has 80 valence electrons. The average molecular weight is 231 g/mol. The maximum atomic E-state index is 10.9. The van der Waals surface area contributed by atoms with Gasteiger partial charge < -0.3 is 14.9 Å². The highest BCUT2D eigenvalue weighted by Gasteiger charge is 2.14. The van der Waals surface area contributed by atoms with Gasteiger partial charge in [-0.15, -0.1) is 0 Å². The summed E-state index contributed by atoms with van der Waals surface area (Å²) in [6, 6.07) is 1.10. The fourth-order valence-electron chi connectivity index (χ4n) is 0.907. The Bertz CT molecular complexity index is 408. The van der Waals surface area contributed by atoms with Crippen molar-refractivity contribution in [2.45, 2.75) is 6.42 Å². The van der Waals surface area contributed by atoms with E-state index in [1.807, 2.05) is 0 Å². The van der Waals surface area contributed by atoms with Crippen LogP contribution in [-0.4, -0.2) is 23.0 Å². The highest BCUT2D eigenvalue weighted by molar-refractivity contribution is 6.31. The Labute approximate surface area is 90.0 Å². The first-order valence-corrected chi connectivity index (χ1v) is 4.28. The largest absolute Gasteiger partial charge is 0.469 e. The number of methoxy groups -OCH3 is 1. The summed E-state index contributed by atoms with van der Waals surface area (Å²) in [4.78, 5) is 24.1. The third kappa shape index (κ3) is 2.88. The van der Waals surface area contributed by atoms with Crippen LogP contribution in [0.15, 0.2) is 12.3 Å². The molecule has 0 aliphatic rings. The molecule has 0 aliphatic heterocycles.